The van der Waals surface area contributed by atoms with Crippen molar-refractivity contribution in [3.63, 3.8) is 0 Å². The van der Waals surface area contributed by atoms with Crippen molar-refractivity contribution in [2.75, 3.05) is 0 Å². The summed E-state index contributed by atoms with van der Waals surface area (Å²) in [5, 5.41) is 10.8. The summed E-state index contributed by atoms with van der Waals surface area (Å²) in [4.78, 5) is 16.1. The molecule has 3 aromatic rings. The molecule has 2 aromatic heterocycles. The van der Waals surface area contributed by atoms with E-state index in [0.717, 1.165) is 17.7 Å². The first-order valence-electron chi connectivity index (χ1n) is 7.45. The summed E-state index contributed by atoms with van der Waals surface area (Å²) in [5.41, 5.74) is 3.40. The number of amides is 1. The van der Waals surface area contributed by atoms with Gasteiger partial charge < -0.3 is 5.32 Å². The first kappa shape index (κ1) is 14.9. The van der Waals surface area contributed by atoms with Gasteiger partial charge in [-0.2, -0.15) is 0 Å². The molecule has 0 radical (unpaired) electrons. The van der Waals surface area contributed by atoms with Crippen molar-refractivity contribution in [2.24, 2.45) is 0 Å². The minimum absolute atomic E-state index is 0.252. The van der Waals surface area contributed by atoms with E-state index in [2.05, 4.69) is 27.5 Å². The Hall–Kier alpha value is -3.02. The van der Waals surface area contributed by atoms with Gasteiger partial charge >= 0.3 is 0 Å². The highest BCUT2D eigenvalue weighted by Gasteiger charge is 2.11. The lowest BCUT2D eigenvalue weighted by atomic mass is 10.1. The van der Waals surface area contributed by atoms with Gasteiger partial charge in [0.2, 0.25) is 0 Å². The summed E-state index contributed by atoms with van der Waals surface area (Å²) >= 11 is 0. The van der Waals surface area contributed by atoms with Gasteiger partial charge in [0.15, 0.2) is 5.69 Å². The van der Waals surface area contributed by atoms with E-state index in [1.54, 1.807) is 23.3 Å². The van der Waals surface area contributed by atoms with Crippen molar-refractivity contribution in [3.8, 4) is 5.69 Å². The number of hydrogen-bond donors (Lipinski definition) is 1. The summed E-state index contributed by atoms with van der Waals surface area (Å²) in [6.45, 7) is 2.54. The maximum absolute atomic E-state index is 12.1. The Balaban J connectivity index is 1.67. The Morgan fingerprint density at radius 3 is 2.52 bits per heavy atom. The highest BCUT2D eigenvalue weighted by Crippen LogP contribution is 2.09. The molecular weight excluding hydrogens is 290 g/mol. The number of pyridine rings is 1. The number of aryl methyl sites for hydroxylation is 1. The summed E-state index contributed by atoms with van der Waals surface area (Å²) < 4.78 is 1.60. The van der Waals surface area contributed by atoms with Crippen LogP contribution in [0, 0.1) is 0 Å². The minimum Gasteiger partial charge on any atom is -0.347 e. The summed E-state index contributed by atoms with van der Waals surface area (Å²) in [7, 11) is 0. The van der Waals surface area contributed by atoms with Crippen LogP contribution in [0.25, 0.3) is 5.69 Å². The third-order valence-corrected chi connectivity index (χ3v) is 3.54. The van der Waals surface area contributed by atoms with Gasteiger partial charge in [0.05, 0.1) is 11.9 Å². The van der Waals surface area contributed by atoms with Crippen LogP contribution in [0.1, 0.15) is 28.5 Å². The fourth-order valence-electron chi connectivity index (χ4n) is 2.15. The molecular formula is C17H17N5O. The molecule has 0 aliphatic rings. The monoisotopic (exact) mass is 307 g/mol. The molecule has 1 amide bonds. The zero-order valence-electron chi connectivity index (χ0n) is 12.8. The Bertz CT molecular complexity index is 780. The van der Waals surface area contributed by atoms with E-state index < -0.39 is 0 Å². The molecule has 0 atom stereocenters. The van der Waals surface area contributed by atoms with Crippen molar-refractivity contribution in [3.05, 3.63) is 71.8 Å². The van der Waals surface area contributed by atoms with Gasteiger partial charge in [-0.25, -0.2) is 4.68 Å². The highest BCUT2D eigenvalue weighted by molar-refractivity contribution is 5.91. The van der Waals surface area contributed by atoms with E-state index in [1.165, 1.54) is 5.56 Å². The molecule has 0 unspecified atom stereocenters. The van der Waals surface area contributed by atoms with Crippen LogP contribution in [0.15, 0.2) is 55.0 Å². The summed E-state index contributed by atoms with van der Waals surface area (Å²) in [6.07, 6.45) is 6.00. The van der Waals surface area contributed by atoms with Crippen LogP contribution < -0.4 is 5.32 Å². The van der Waals surface area contributed by atoms with Crippen LogP contribution in [0.5, 0.6) is 0 Å². The largest absolute Gasteiger partial charge is 0.347 e. The van der Waals surface area contributed by atoms with Crippen molar-refractivity contribution in [1.29, 1.82) is 0 Å². The predicted octanol–water partition coefficient (Wildman–Crippen LogP) is 2.15. The van der Waals surface area contributed by atoms with Crippen LogP contribution in [0.3, 0.4) is 0 Å². The molecule has 0 aliphatic carbocycles. The molecule has 1 N–H and O–H groups in total. The molecule has 23 heavy (non-hydrogen) atoms. The van der Waals surface area contributed by atoms with Gasteiger partial charge in [-0.1, -0.05) is 24.3 Å². The minimum atomic E-state index is -0.252. The first-order valence-corrected chi connectivity index (χ1v) is 7.45. The third kappa shape index (κ3) is 3.60. The molecule has 6 nitrogen and oxygen atoms in total. The normalized spacial score (nSPS) is 10.5. The number of benzene rings is 1. The lowest BCUT2D eigenvalue weighted by Gasteiger charge is -2.02. The van der Waals surface area contributed by atoms with E-state index in [0.29, 0.717) is 12.2 Å². The summed E-state index contributed by atoms with van der Waals surface area (Å²) in [5.74, 6) is -0.252. The number of carbonyl (C=O) groups is 1. The lowest BCUT2D eigenvalue weighted by Crippen LogP contribution is -2.23. The van der Waals surface area contributed by atoms with E-state index >= 15 is 0 Å². The maximum Gasteiger partial charge on any atom is 0.273 e. The molecule has 0 saturated heterocycles. The van der Waals surface area contributed by atoms with Crippen LogP contribution in [-0.4, -0.2) is 25.9 Å². The fraction of sp³-hybridized carbons (Fsp3) is 0.176. The van der Waals surface area contributed by atoms with Crippen molar-refractivity contribution in [2.45, 2.75) is 19.9 Å². The van der Waals surface area contributed by atoms with Gasteiger partial charge in [-0.05, 0) is 41.8 Å². The quantitative estimate of drug-likeness (QED) is 0.784. The van der Waals surface area contributed by atoms with Gasteiger partial charge in [0.25, 0.3) is 5.91 Å². The van der Waals surface area contributed by atoms with Crippen LogP contribution in [0.2, 0.25) is 0 Å². The zero-order chi connectivity index (χ0) is 16.1. The second-order valence-corrected chi connectivity index (χ2v) is 5.11. The van der Waals surface area contributed by atoms with E-state index in [4.69, 9.17) is 0 Å². The molecule has 6 heteroatoms. The number of aromatic nitrogens is 4. The molecule has 0 aliphatic heterocycles. The number of rotatable bonds is 5. The molecule has 0 bridgehead atoms. The first-order chi connectivity index (χ1) is 11.3. The van der Waals surface area contributed by atoms with E-state index in [9.17, 15) is 4.79 Å². The third-order valence-electron chi connectivity index (χ3n) is 3.54. The van der Waals surface area contributed by atoms with Crippen LogP contribution in [-0.2, 0) is 13.0 Å². The SMILES string of the molecule is CCc1ccc(-n2cc(C(=O)NCc3ccncc3)nn2)cc1. The van der Waals surface area contributed by atoms with Gasteiger partial charge in [-0.15, -0.1) is 5.10 Å². The Morgan fingerprint density at radius 1 is 1.09 bits per heavy atom. The van der Waals surface area contributed by atoms with Crippen molar-refractivity contribution < 1.29 is 4.79 Å². The van der Waals surface area contributed by atoms with Crippen molar-refractivity contribution in [1.82, 2.24) is 25.3 Å². The standard InChI is InChI=1S/C17H17N5O/c1-2-13-3-5-15(6-4-13)22-12-16(20-21-22)17(23)19-11-14-7-9-18-10-8-14/h3-10,12H,2,11H2,1H3,(H,19,23). The Morgan fingerprint density at radius 2 is 1.83 bits per heavy atom. The average molecular weight is 307 g/mol. The zero-order valence-corrected chi connectivity index (χ0v) is 12.8. The Kier molecular flexibility index (Phi) is 4.42. The highest BCUT2D eigenvalue weighted by atomic mass is 16.2. The van der Waals surface area contributed by atoms with Gasteiger partial charge in [0, 0.05) is 18.9 Å². The molecule has 2 heterocycles. The van der Waals surface area contributed by atoms with Crippen LogP contribution in [0.4, 0.5) is 0 Å². The van der Waals surface area contributed by atoms with E-state index in [1.807, 2.05) is 36.4 Å². The Labute approximate surface area is 134 Å². The lowest BCUT2D eigenvalue weighted by molar-refractivity contribution is 0.0946. The van der Waals surface area contributed by atoms with E-state index in [-0.39, 0.29) is 5.91 Å². The van der Waals surface area contributed by atoms with Crippen molar-refractivity contribution >= 4 is 5.91 Å². The number of nitrogens with one attached hydrogen (secondary N) is 1. The molecule has 0 spiro atoms. The average Bonchev–Trinajstić information content (AvgIpc) is 3.11. The molecule has 3 rings (SSSR count). The smallest absolute Gasteiger partial charge is 0.273 e. The fourth-order valence-corrected chi connectivity index (χ4v) is 2.15. The van der Waals surface area contributed by atoms with Gasteiger partial charge in [0.1, 0.15) is 0 Å². The molecule has 116 valence electrons. The summed E-state index contributed by atoms with van der Waals surface area (Å²) in [6, 6.07) is 11.7. The predicted molar refractivity (Wildman–Crippen MR) is 86.1 cm³/mol. The van der Waals surface area contributed by atoms with Crippen LogP contribution >= 0.6 is 0 Å². The molecule has 0 saturated carbocycles. The van der Waals surface area contributed by atoms with Gasteiger partial charge in [-0.3, -0.25) is 9.78 Å². The maximum atomic E-state index is 12.1. The topological polar surface area (TPSA) is 72.7 Å². The number of nitrogens with zero attached hydrogens (tertiary/aromatic N) is 4. The number of carbonyl (C=O) groups excluding carboxylic acids is 1. The molecule has 1 aromatic carbocycles. The second-order valence-electron chi connectivity index (χ2n) is 5.11. The number of hydrogen-bond acceptors (Lipinski definition) is 4. The molecule has 0 fully saturated rings. The second kappa shape index (κ2) is 6.83.